The van der Waals surface area contributed by atoms with E-state index < -0.39 is 0 Å². The Balaban J connectivity index is 0.00000182. The maximum absolute atomic E-state index is 12.9. The lowest BCUT2D eigenvalue weighted by Gasteiger charge is -2.39. The van der Waals surface area contributed by atoms with Crippen LogP contribution in [0.15, 0.2) is 24.3 Å². The van der Waals surface area contributed by atoms with Crippen molar-refractivity contribution in [1.82, 2.24) is 15.1 Å². The van der Waals surface area contributed by atoms with Crippen LogP contribution < -0.4 is 10.6 Å². The average molecular weight is 421 g/mol. The van der Waals surface area contributed by atoms with E-state index in [-0.39, 0.29) is 54.9 Å². The normalized spacial score (nSPS) is 18.5. The SMILES string of the molecule is CC(C(=O)N1CCN(CC(=O)Nc2ccc(F)cc2)CC1)C1CNC1.Cl.Cl. The van der Waals surface area contributed by atoms with Gasteiger partial charge in [-0.25, -0.2) is 4.39 Å². The zero-order valence-corrected chi connectivity index (χ0v) is 17.0. The standard InChI is InChI=1S/C18H25FN4O2.2ClH/c1-13(14-10-20-11-14)18(25)23-8-6-22(7-9-23)12-17(24)21-16-4-2-15(19)3-5-16;;/h2-5,13-14,20H,6-12H2,1H3,(H,21,24);2*1H. The smallest absolute Gasteiger partial charge is 0.238 e. The molecule has 0 bridgehead atoms. The molecule has 0 radical (unpaired) electrons. The van der Waals surface area contributed by atoms with Crippen LogP contribution in [0.1, 0.15) is 6.92 Å². The second-order valence-corrected chi connectivity index (χ2v) is 6.86. The van der Waals surface area contributed by atoms with E-state index in [4.69, 9.17) is 0 Å². The molecule has 2 fully saturated rings. The van der Waals surface area contributed by atoms with E-state index in [0.29, 0.717) is 37.8 Å². The van der Waals surface area contributed by atoms with Gasteiger partial charge in [-0.15, -0.1) is 24.8 Å². The average Bonchev–Trinajstić information content (AvgIpc) is 2.55. The first kappa shape index (κ1) is 23.6. The number of halogens is 3. The molecule has 6 nitrogen and oxygen atoms in total. The highest BCUT2D eigenvalue weighted by Crippen LogP contribution is 2.19. The van der Waals surface area contributed by atoms with Crippen LogP contribution in [0.25, 0.3) is 0 Å². The first-order valence-corrected chi connectivity index (χ1v) is 8.80. The van der Waals surface area contributed by atoms with Gasteiger partial charge in [-0.3, -0.25) is 14.5 Å². The summed E-state index contributed by atoms with van der Waals surface area (Å²) < 4.78 is 12.9. The van der Waals surface area contributed by atoms with Crippen molar-refractivity contribution in [3.8, 4) is 0 Å². The van der Waals surface area contributed by atoms with Crippen molar-refractivity contribution in [1.29, 1.82) is 0 Å². The predicted octanol–water partition coefficient (Wildman–Crippen LogP) is 1.61. The van der Waals surface area contributed by atoms with Gasteiger partial charge in [0.2, 0.25) is 11.8 Å². The number of hydrogen-bond acceptors (Lipinski definition) is 4. The number of carbonyl (C=O) groups excluding carboxylic acids is 2. The van der Waals surface area contributed by atoms with E-state index in [2.05, 4.69) is 10.6 Å². The summed E-state index contributed by atoms with van der Waals surface area (Å²) in [7, 11) is 0. The highest BCUT2D eigenvalue weighted by molar-refractivity contribution is 5.92. The lowest BCUT2D eigenvalue weighted by atomic mass is 9.88. The maximum atomic E-state index is 12.9. The summed E-state index contributed by atoms with van der Waals surface area (Å²) in [5.41, 5.74) is 0.586. The summed E-state index contributed by atoms with van der Waals surface area (Å²) in [6.45, 7) is 6.85. The summed E-state index contributed by atoms with van der Waals surface area (Å²) in [4.78, 5) is 28.5. The van der Waals surface area contributed by atoms with Crippen LogP contribution in [0.3, 0.4) is 0 Å². The number of hydrogen-bond donors (Lipinski definition) is 2. The summed E-state index contributed by atoms with van der Waals surface area (Å²) in [5.74, 6) is 0.287. The molecule has 0 spiro atoms. The molecule has 2 aliphatic heterocycles. The van der Waals surface area contributed by atoms with Crippen LogP contribution in [-0.2, 0) is 9.59 Å². The molecule has 2 N–H and O–H groups in total. The number of piperazine rings is 1. The molecule has 3 rings (SSSR count). The van der Waals surface area contributed by atoms with Gasteiger partial charge in [-0.05, 0) is 43.3 Å². The minimum atomic E-state index is -0.328. The number of benzene rings is 1. The van der Waals surface area contributed by atoms with Gasteiger partial charge in [0.05, 0.1) is 6.54 Å². The Kier molecular flexibility index (Phi) is 9.45. The zero-order valence-electron chi connectivity index (χ0n) is 15.3. The molecule has 1 atom stereocenters. The lowest BCUT2D eigenvalue weighted by Crippen LogP contribution is -2.55. The summed E-state index contributed by atoms with van der Waals surface area (Å²) in [6.07, 6.45) is 0. The van der Waals surface area contributed by atoms with Gasteiger partial charge in [-0.1, -0.05) is 6.92 Å². The number of rotatable bonds is 5. The second-order valence-electron chi connectivity index (χ2n) is 6.86. The molecule has 1 aromatic carbocycles. The Morgan fingerprint density at radius 1 is 1.15 bits per heavy atom. The van der Waals surface area contributed by atoms with Crippen molar-refractivity contribution >= 4 is 42.3 Å². The summed E-state index contributed by atoms with van der Waals surface area (Å²) in [5, 5.41) is 5.97. The van der Waals surface area contributed by atoms with Crippen LogP contribution in [-0.4, -0.2) is 67.4 Å². The number of carbonyl (C=O) groups is 2. The van der Waals surface area contributed by atoms with Crippen molar-refractivity contribution < 1.29 is 14.0 Å². The highest BCUT2D eigenvalue weighted by Gasteiger charge is 2.32. The summed E-state index contributed by atoms with van der Waals surface area (Å²) in [6, 6.07) is 5.72. The molecule has 152 valence electrons. The van der Waals surface area contributed by atoms with Gasteiger partial charge in [0.25, 0.3) is 0 Å². The highest BCUT2D eigenvalue weighted by atomic mass is 35.5. The minimum Gasteiger partial charge on any atom is -0.340 e. The molecule has 27 heavy (non-hydrogen) atoms. The van der Waals surface area contributed by atoms with E-state index in [1.807, 2.05) is 16.7 Å². The third-order valence-electron chi connectivity index (χ3n) is 5.09. The summed E-state index contributed by atoms with van der Waals surface area (Å²) >= 11 is 0. The van der Waals surface area contributed by atoms with Crippen LogP contribution in [0.2, 0.25) is 0 Å². The Bertz CT molecular complexity index is 620. The Labute approximate surface area is 171 Å². The van der Waals surface area contributed by atoms with Crippen LogP contribution in [0, 0.1) is 17.7 Å². The van der Waals surface area contributed by atoms with Gasteiger partial charge in [0.1, 0.15) is 5.82 Å². The first-order valence-electron chi connectivity index (χ1n) is 8.80. The maximum Gasteiger partial charge on any atom is 0.238 e. The molecule has 0 saturated carbocycles. The predicted molar refractivity (Wildman–Crippen MR) is 108 cm³/mol. The van der Waals surface area contributed by atoms with Crippen molar-refractivity contribution in [2.45, 2.75) is 6.92 Å². The quantitative estimate of drug-likeness (QED) is 0.759. The van der Waals surface area contributed by atoms with Gasteiger partial charge < -0.3 is 15.5 Å². The van der Waals surface area contributed by atoms with E-state index in [1.165, 1.54) is 12.1 Å². The number of nitrogens with zero attached hydrogens (tertiary/aromatic N) is 2. The van der Waals surface area contributed by atoms with Gasteiger partial charge in [-0.2, -0.15) is 0 Å². The molecule has 2 saturated heterocycles. The van der Waals surface area contributed by atoms with Gasteiger partial charge in [0.15, 0.2) is 0 Å². The third kappa shape index (κ3) is 6.31. The molecule has 0 aliphatic carbocycles. The fourth-order valence-electron chi connectivity index (χ4n) is 3.22. The minimum absolute atomic E-state index is 0. The second kappa shape index (κ2) is 10.8. The van der Waals surface area contributed by atoms with Crippen molar-refractivity contribution in [2.24, 2.45) is 11.8 Å². The first-order chi connectivity index (χ1) is 12.0. The van der Waals surface area contributed by atoms with E-state index >= 15 is 0 Å². The fourth-order valence-corrected chi connectivity index (χ4v) is 3.22. The number of anilines is 1. The van der Waals surface area contributed by atoms with E-state index in [0.717, 1.165) is 13.1 Å². The van der Waals surface area contributed by atoms with Gasteiger partial charge >= 0.3 is 0 Å². The molecular weight excluding hydrogens is 394 g/mol. The molecule has 0 aromatic heterocycles. The van der Waals surface area contributed by atoms with Crippen LogP contribution in [0.5, 0.6) is 0 Å². The monoisotopic (exact) mass is 420 g/mol. The molecule has 1 unspecified atom stereocenters. The van der Waals surface area contributed by atoms with Crippen LogP contribution >= 0.6 is 24.8 Å². The topological polar surface area (TPSA) is 64.7 Å². The molecule has 2 heterocycles. The fraction of sp³-hybridized carbons (Fsp3) is 0.556. The third-order valence-corrected chi connectivity index (χ3v) is 5.09. The van der Waals surface area contributed by atoms with Crippen LogP contribution in [0.4, 0.5) is 10.1 Å². The lowest BCUT2D eigenvalue weighted by molar-refractivity contribution is -0.139. The van der Waals surface area contributed by atoms with E-state index in [9.17, 15) is 14.0 Å². The molecule has 2 aliphatic rings. The Hall–Kier alpha value is -1.41. The van der Waals surface area contributed by atoms with E-state index in [1.54, 1.807) is 12.1 Å². The largest absolute Gasteiger partial charge is 0.340 e. The van der Waals surface area contributed by atoms with Crippen molar-refractivity contribution in [3.05, 3.63) is 30.1 Å². The number of amides is 2. The Morgan fingerprint density at radius 2 is 1.74 bits per heavy atom. The molecular formula is C18H27Cl2FN4O2. The van der Waals surface area contributed by atoms with Crippen molar-refractivity contribution in [3.63, 3.8) is 0 Å². The zero-order chi connectivity index (χ0) is 17.8. The number of nitrogens with one attached hydrogen (secondary N) is 2. The molecule has 1 aromatic rings. The molecule has 2 amide bonds. The molecule has 9 heteroatoms. The van der Waals surface area contributed by atoms with Gasteiger partial charge in [0, 0.05) is 37.8 Å². The Morgan fingerprint density at radius 3 is 2.26 bits per heavy atom. The van der Waals surface area contributed by atoms with Crippen molar-refractivity contribution in [2.75, 3.05) is 51.1 Å².